The molecule has 4 heavy (non-hydrogen) atoms. The van der Waals surface area contributed by atoms with E-state index in [1.165, 1.54) is 0 Å². The van der Waals surface area contributed by atoms with Crippen LogP contribution in [0.5, 0.6) is 0 Å². The van der Waals surface area contributed by atoms with E-state index in [9.17, 15) is 0 Å². The Morgan fingerprint density at radius 1 is 1.25 bits per heavy atom. The number of rotatable bonds is 0. The van der Waals surface area contributed by atoms with Crippen molar-refractivity contribution >= 4 is 21.9 Å². The van der Waals surface area contributed by atoms with E-state index < -0.39 is 0 Å². The topological polar surface area (TPSA) is 0 Å². The maximum Gasteiger partial charge on any atom is 0.0135 e. The third-order valence-electron chi connectivity index (χ3n) is 0. The molecule has 0 N–H and O–H groups in total. The van der Waals surface area contributed by atoms with Crippen LogP contribution >= 0.6 is 12.4 Å². The van der Waals surface area contributed by atoms with E-state index in [0.717, 1.165) is 0 Å². The van der Waals surface area contributed by atoms with Gasteiger partial charge in [0.1, 0.15) is 0 Å². The average molecular weight is 96.6 g/mol. The van der Waals surface area contributed by atoms with Crippen LogP contribution in [0.1, 0.15) is 0 Å². The Balaban J connectivity index is 0. The van der Waals surface area contributed by atoms with Gasteiger partial charge in [0.25, 0.3) is 0 Å². The van der Waals surface area contributed by atoms with Crippen molar-refractivity contribution < 1.29 is 0 Å². The van der Waals surface area contributed by atoms with Crippen LogP contribution in [0.25, 0.3) is 0 Å². The van der Waals surface area contributed by atoms with Crippen LogP contribution in [0.15, 0.2) is 0 Å². The maximum absolute atomic E-state index is 2.26. The summed E-state index contributed by atoms with van der Waals surface area (Å²) in [5.41, 5.74) is 0. The van der Waals surface area contributed by atoms with Crippen molar-refractivity contribution in [3.63, 3.8) is 0 Å². The minimum atomic E-state index is 0. The fraction of sp³-hybridized carbons (Fsp3) is 1.00. The van der Waals surface area contributed by atoms with Gasteiger partial charge >= 0.3 is 0 Å². The maximum atomic E-state index is 2.26. The van der Waals surface area contributed by atoms with Crippen molar-refractivity contribution in [2.75, 3.05) is 0 Å². The van der Waals surface area contributed by atoms with Gasteiger partial charge in [-0.3, -0.25) is 0 Å². The van der Waals surface area contributed by atoms with Gasteiger partial charge in [-0.1, -0.05) is 13.1 Å². The first-order chi connectivity index (χ1) is 1.41. The van der Waals surface area contributed by atoms with Gasteiger partial charge < -0.3 is 0 Å². The molecule has 0 radical (unpaired) electrons. The molecule has 0 fully saturated rings. The Morgan fingerprint density at radius 3 is 1.25 bits per heavy atom. The lowest BCUT2D eigenvalue weighted by Gasteiger charge is -1.45. The van der Waals surface area contributed by atoms with Crippen LogP contribution in [0.3, 0.4) is 0 Å². The molecule has 0 amide bonds. The highest BCUT2D eigenvalue weighted by atomic mass is 35.5. The van der Waals surface area contributed by atoms with Crippen LogP contribution in [-0.4, -0.2) is 9.52 Å². The highest BCUT2D eigenvalue weighted by Crippen LogP contribution is 1.36. The molecule has 0 aromatic carbocycles. The van der Waals surface area contributed by atoms with Crippen LogP contribution < -0.4 is 0 Å². The first-order valence-electron chi connectivity index (χ1n) is 1.41. The van der Waals surface area contributed by atoms with E-state index in [0.29, 0.717) is 9.52 Å². The molecule has 0 aliphatic heterocycles. The molecule has 0 unspecified atom stereocenters. The highest BCUT2D eigenvalue weighted by Gasteiger charge is 1.38. The number of hydrogen-bond acceptors (Lipinski definition) is 0. The Hall–Kier alpha value is 0.507. The van der Waals surface area contributed by atoms with E-state index in [-0.39, 0.29) is 12.4 Å². The summed E-state index contributed by atoms with van der Waals surface area (Å²) in [5.74, 6) is 0. The van der Waals surface area contributed by atoms with Gasteiger partial charge in [0, 0.05) is 9.52 Å². The van der Waals surface area contributed by atoms with Crippen molar-refractivity contribution in [2.45, 2.75) is 13.1 Å². The zero-order valence-electron chi connectivity index (χ0n) is 3.12. The lowest BCUT2D eigenvalue weighted by molar-refractivity contribution is 2.14. The lowest BCUT2D eigenvalue weighted by Crippen LogP contribution is -1.53. The second-order valence-electron chi connectivity index (χ2n) is 0.707. The molecule has 0 aliphatic carbocycles. The van der Waals surface area contributed by atoms with Gasteiger partial charge in [0.2, 0.25) is 0 Å². The van der Waals surface area contributed by atoms with E-state index >= 15 is 0 Å². The van der Waals surface area contributed by atoms with Crippen molar-refractivity contribution in [1.82, 2.24) is 0 Å². The van der Waals surface area contributed by atoms with E-state index in [2.05, 4.69) is 13.1 Å². The molecule has 28 valence electrons. The minimum Gasteiger partial charge on any atom is -0.147 e. The first-order valence-corrected chi connectivity index (χ1v) is 4.24. The molecule has 0 bridgehead atoms. The van der Waals surface area contributed by atoms with Gasteiger partial charge in [-0.2, -0.15) is 0 Å². The first kappa shape index (κ1) is 8.82. The van der Waals surface area contributed by atoms with E-state index in [4.69, 9.17) is 0 Å². The summed E-state index contributed by atoms with van der Waals surface area (Å²) in [7, 11) is 0.417. The van der Waals surface area contributed by atoms with Gasteiger partial charge in [0.15, 0.2) is 0 Å². The van der Waals surface area contributed by atoms with Crippen molar-refractivity contribution in [3.8, 4) is 0 Å². The van der Waals surface area contributed by atoms with Gasteiger partial charge in [0.05, 0.1) is 0 Å². The smallest absolute Gasteiger partial charge is 0.0135 e. The van der Waals surface area contributed by atoms with Crippen LogP contribution in [-0.2, 0) is 0 Å². The van der Waals surface area contributed by atoms with Crippen LogP contribution in [0, 0.1) is 0 Å². The second kappa shape index (κ2) is 9.71. The predicted molar refractivity (Wildman–Crippen MR) is 27.5 cm³/mol. The number of halogens is 1. The van der Waals surface area contributed by atoms with E-state index in [1.54, 1.807) is 0 Å². The summed E-state index contributed by atoms with van der Waals surface area (Å²) in [6.07, 6.45) is 0. The number of hydrogen-bond donors (Lipinski definition) is 0. The van der Waals surface area contributed by atoms with Gasteiger partial charge in [-0.25, -0.2) is 0 Å². The Kier molecular flexibility index (Phi) is 21.4. The second-order valence-corrected chi connectivity index (χ2v) is 2.12. The standard InChI is InChI=1S/C2H8Si.ClH/c1-3-2;/h3H2,1-2H3;1H. The molecular weight excluding hydrogens is 87.6 g/mol. The third-order valence-corrected chi connectivity index (χ3v) is 0. The summed E-state index contributed by atoms with van der Waals surface area (Å²) < 4.78 is 0. The Bertz CT molecular complexity index is 6.00. The predicted octanol–water partition coefficient (Wildman–Crippen LogP) is 0.673. The summed E-state index contributed by atoms with van der Waals surface area (Å²) in [4.78, 5) is 0. The Morgan fingerprint density at radius 2 is 1.25 bits per heavy atom. The Labute approximate surface area is 35.8 Å². The lowest BCUT2D eigenvalue weighted by atomic mass is 11.9. The summed E-state index contributed by atoms with van der Waals surface area (Å²) in [5, 5.41) is 0. The highest BCUT2D eigenvalue weighted by molar-refractivity contribution is 6.31. The van der Waals surface area contributed by atoms with Gasteiger partial charge in [-0.05, 0) is 0 Å². The molecule has 2 heteroatoms. The molecule has 0 aromatic rings. The monoisotopic (exact) mass is 96.0 g/mol. The third kappa shape index (κ3) is 22.2. The zero-order valence-corrected chi connectivity index (χ0v) is 5.35. The molecule has 0 spiro atoms. The molecule has 0 nitrogen and oxygen atoms in total. The molecule has 0 atom stereocenters. The molecule has 0 aliphatic rings. The molecule has 0 saturated carbocycles. The minimum absolute atomic E-state index is 0. The van der Waals surface area contributed by atoms with Gasteiger partial charge in [-0.15, -0.1) is 12.4 Å². The zero-order chi connectivity index (χ0) is 2.71. The normalized spacial score (nSPS) is 4.50. The van der Waals surface area contributed by atoms with Crippen molar-refractivity contribution in [3.05, 3.63) is 0 Å². The largest absolute Gasteiger partial charge is 0.147 e. The SMILES string of the molecule is C[SiH2]C.Cl. The average Bonchev–Trinajstić information content (AvgIpc) is 0.918. The quantitative estimate of drug-likeness (QED) is 0.389. The summed E-state index contributed by atoms with van der Waals surface area (Å²) >= 11 is 0. The fourth-order valence-electron chi connectivity index (χ4n) is 0. The molecule has 0 aromatic heterocycles. The summed E-state index contributed by atoms with van der Waals surface area (Å²) in [6, 6.07) is 0. The van der Waals surface area contributed by atoms with Crippen molar-refractivity contribution in [1.29, 1.82) is 0 Å². The molecule has 0 heterocycles. The summed E-state index contributed by atoms with van der Waals surface area (Å²) in [6.45, 7) is 4.53. The van der Waals surface area contributed by atoms with Crippen molar-refractivity contribution in [2.24, 2.45) is 0 Å². The van der Waals surface area contributed by atoms with Crippen LogP contribution in [0.2, 0.25) is 13.1 Å². The van der Waals surface area contributed by atoms with E-state index in [1.807, 2.05) is 0 Å². The van der Waals surface area contributed by atoms with Crippen LogP contribution in [0.4, 0.5) is 0 Å². The molecule has 0 saturated heterocycles. The molecular formula is C2H9ClSi. The fourth-order valence-corrected chi connectivity index (χ4v) is 0. The molecule has 0 rings (SSSR count).